The van der Waals surface area contributed by atoms with Crippen LogP contribution in [0.4, 0.5) is 0 Å². The van der Waals surface area contributed by atoms with Crippen LogP contribution in [0.5, 0.6) is 0 Å². The van der Waals surface area contributed by atoms with Crippen LogP contribution in [0.3, 0.4) is 0 Å². The van der Waals surface area contributed by atoms with Crippen LogP contribution in [0.15, 0.2) is 47.1 Å². The molecule has 0 bridgehead atoms. The van der Waals surface area contributed by atoms with Gasteiger partial charge in [0.25, 0.3) is 0 Å². The number of hydrogen-bond donors (Lipinski definition) is 3. The highest BCUT2D eigenvalue weighted by Gasteiger charge is 2.28. The summed E-state index contributed by atoms with van der Waals surface area (Å²) in [5.41, 5.74) is 2.40. The van der Waals surface area contributed by atoms with Crippen LogP contribution in [0.2, 0.25) is 0 Å². The first-order valence-corrected chi connectivity index (χ1v) is 10.5. The monoisotopic (exact) mass is 387 g/mol. The molecule has 2 amide bonds. The standard InChI is InChI=1S/C20H25N3O3S/c1-27-10-8-17(19(24)22-13-16-7-4-9-26-16)23-20(25)18-11-14-5-2-3-6-15(14)12-21-18/h2-7,9,17-18,21H,8,10-13H2,1H3,(H,22,24)(H,23,25). The van der Waals surface area contributed by atoms with E-state index in [1.54, 1.807) is 30.2 Å². The van der Waals surface area contributed by atoms with Crippen molar-refractivity contribution in [2.24, 2.45) is 0 Å². The predicted molar refractivity (Wildman–Crippen MR) is 106 cm³/mol. The summed E-state index contributed by atoms with van der Waals surface area (Å²) in [7, 11) is 0. The number of thioether (sulfide) groups is 1. The van der Waals surface area contributed by atoms with Gasteiger partial charge in [-0.15, -0.1) is 0 Å². The minimum atomic E-state index is -0.557. The number of hydrogen-bond acceptors (Lipinski definition) is 5. The van der Waals surface area contributed by atoms with Crippen LogP contribution in [0.1, 0.15) is 23.3 Å². The quantitative estimate of drug-likeness (QED) is 0.644. The van der Waals surface area contributed by atoms with Gasteiger partial charge >= 0.3 is 0 Å². The predicted octanol–water partition coefficient (Wildman–Crippen LogP) is 1.85. The summed E-state index contributed by atoms with van der Waals surface area (Å²) >= 11 is 1.65. The molecule has 1 aliphatic heterocycles. The first-order chi connectivity index (χ1) is 13.2. The molecule has 6 nitrogen and oxygen atoms in total. The summed E-state index contributed by atoms with van der Waals surface area (Å²) in [5, 5.41) is 9.03. The highest BCUT2D eigenvalue weighted by molar-refractivity contribution is 7.98. The van der Waals surface area contributed by atoms with Gasteiger partial charge < -0.3 is 20.4 Å². The normalized spacial score (nSPS) is 17.0. The molecule has 2 atom stereocenters. The van der Waals surface area contributed by atoms with Gasteiger partial charge in [-0.3, -0.25) is 9.59 Å². The smallest absolute Gasteiger partial charge is 0.242 e. The van der Waals surface area contributed by atoms with Crippen LogP contribution in [-0.2, 0) is 29.1 Å². The van der Waals surface area contributed by atoms with Gasteiger partial charge in [0.1, 0.15) is 11.8 Å². The SMILES string of the molecule is CSCCC(NC(=O)C1Cc2ccccc2CN1)C(=O)NCc1ccco1. The van der Waals surface area contributed by atoms with E-state index in [1.165, 1.54) is 11.1 Å². The molecule has 3 rings (SSSR count). The van der Waals surface area contributed by atoms with Crippen molar-refractivity contribution in [1.82, 2.24) is 16.0 Å². The van der Waals surface area contributed by atoms with Gasteiger partial charge in [0.05, 0.1) is 18.8 Å². The largest absolute Gasteiger partial charge is 0.467 e. The Labute approximate surface area is 163 Å². The second-order valence-electron chi connectivity index (χ2n) is 6.55. The van der Waals surface area contributed by atoms with Crippen molar-refractivity contribution in [3.63, 3.8) is 0 Å². The van der Waals surface area contributed by atoms with Crippen LogP contribution >= 0.6 is 11.8 Å². The lowest BCUT2D eigenvalue weighted by Crippen LogP contribution is -2.54. The van der Waals surface area contributed by atoms with Crippen molar-refractivity contribution >= 4 is 23.6 Å². The van der Waals surface area contributed by atoms with E-state index in [0.29, 0.717) is 31.7 Å². The first-order valence-electron chi connectivity index (χ1n) is 9.07. The molecule has 0 fully saturated rings. The van der Waals surface area contributed by atoms with Gasteiger partial charge in [-0.25, -0.2) is 0 Å². The van der Waals surface area contributed by atoms with Crippen molar-refractivity contribution in [2.45, 2.75) is 38.0 Å². The van der Waals surface area contributed by atoms with Crippen LogP contribution in [-0.4, -0.2) is 35.9 Å². The summed E-state index contributed by atoms with van der Waals surface area (Å²) in [6.45, 7) is 0.973. The van der Waals surface area contributed by atoms with E-state index < -0.39 is 6.04 Å². The number of fused-ring (bicyclic) bond motifs is 1. The second kappa shape index (κ2) is 9.62. The molecule has 2 unspecified atom stereocenters. The molecule has 1 aromatic heterocycles. The summed E-state index contributed by atoms with van der Waals surface area (Å²) < 4.78 is 5.24. The zero-order valence-corrected chi connectivity index (χ0v) is 16.2. The minimum absolute atomic E-state index is 0.135. The van der Waals surface area contributed by atoms with E-state index >= 15 is 0 Å². The van der Waals surface area contributed by atoms with E-state index in [-0.39, 0.29) is 17.9 Å². The molecule has 144 valence electrons. The Balaban J connectivity index is 1.58. The number of nitrogens with one attached hydrogen (secondary N) is 3. The maximum atomic E-state index is 12.7. The molecule has 0 radical (unpaired) electrons. The number of carbonyl (C=O) groups is 2. The maximum absolute atomic E-state index is 12.7. The minimum Gasteiger partial charge on any atom is -0.467 e. The fourth-order valence-corrected chi connectivity index (χ4v) is 3.60. The number of carbonyl (C=O) groups excluding carboxylic acids is 2. The average molecular weight is 388 g/mol. The van der Waals surface area contributed by atoms with Crippen LogP contribution in [0.25, 0.3) is 0 Å². The number of benzene rings is 1. The molecule has 1 aliphatic rings. The summed E-state index contributed by atoms with van der Waals surface area (Å²) in [4.78, 5) is 25.3. The third-order valence-electron chi connectivity index (χ3n) is 4.66. The lowest BCUT2D eigenvalue weighted by molar-refractivity contribution is -0.130. The average Bonchev–Trinajstić information content (AvgIpc) is 3.22. The molecular formula is C20H25N3O3S. The molecule has 27 heavy (non-hydrogen) atoms. The number of furan rings is 1. The molecule has 0 saturated heterocycles. The van der Waals surface area contributed by atoms with Gasteiger partial charge in [-0.05, 0) is 48.1 Å². The molecule has 0 saturated carbocycles. The Hall–Kier alpha value is -2.25. The highest BCUT2D eigenvalue weighted by Crippen LogP contribution is 2.16. The fraction of sp³-hybridized carbons (Fsp3) is 0.400. The fourth-order valence-electron chi connectivity index (χ4n) is 3.13. The van der Waals surface area contributed by atoms with Crippen molar-refractivity contribution in [2.75, 3.05) is 12.0 Å². The van der Waals surface area contributed by atoms with Gasteiger partial charge in [0.15, 0.2) is 0 Å². The van der Waals surface area contributed by atoms with Crippen molar-refractivity contribution in [1.29, 1.82) is 0 Å². The maximum Gasteiger partial charge on any atom is 0.242 e. The lowest BCUT2D eigenvalue weighted by Gasteiger charge is -2.27. The van der Waals surface area contributed by atoms with E-state index in [0.717, 1.165) is 5.75 Å². The van der Waals surface area contributed by atoms with Gasteiger partial charge in [0, 0.05) is 6.54 Å². The van der Waals surface area contributed by atoms with Crippen molar-refractivity contribution in [3.05, 3.63) is 59.5 Å². The van der Waals surface area contributed by atoms with E-state index in [4.69, 9.17) is 4.42 Å². The Morgan fingerprint density at radius 3 is 2.81 bits per heavy atom. The molecule has 3 N–H and O–H groups in total. The van der Waals surface area contributed by atoms with E-state index in [1.807, 2.05) is 18.4 Å². The van der Waals surface area contributed by atoms with Crippen LogP contribution in [0, 0.1) is 0 Å². The Kier molecular flexibility index (Phi) is 6.95. The molecular weight excluding hydrogens is 362 g/mol. The summed E-state index contributed by atoms with van der Waals surface area (Å²) in [5.74, 6) is 1.15. The summed E-state index contributed by atoms with van der Waals surface area (Å²) in [6, 6.07) is 10.8. The highest BCUT2D eigenvalue weighted by atomic mass is 32.2. The molecule has 0 aliphatic carbocycles. The van der Waals surface area contributed by atoms with E-state index in [2.05, 4.69) is 28.1 Å². The topological polar surface area (TPSA) is 83.4 Å². The van der Waals surface area contributed by atoms with Crippen molar-refractivity contribution < 1.29 is 14.0 Å². The molecule has 0 spiro atoms. The molecule has 2 heterocycles. The molecule has 7 heteroatoms. The van der Waals surface area contributed by atoms with E-state index in [9.17, 15) is 9.59 Å². The van der Waals surface area contributed by atoms with Gasteiger partial charge in [0.2, 0.25) is 11.8 Å². The third kappa shape index (κ3) is 5.37. The number of amides is 2. The Morgan fingerprint density at radius 2 is 2.07 bits per heavy atom. The Morgan fingerprint density at radius 1 is 1.26 bits per heavy atom. The van der Waals surface area contributed by atoms with Crippen LogP contribution < -0.4 is 16.0 Å². The van der Waals surface area contributed by atoms with Crippen molar-refractivity contribution in [3.8, 4) is 0 Å². The second-order valence-corrected chi connectivity index (χ2v) is 7.53. The van der Waals surface area contributed by atoms with Gasteiger partial charge in [-0.1, -0.05) is 24.3 Å². The lowest BCUT2D eigenvalue weighted by atomic mass is 9.95. The molecule has 1 aromatic carbocycles. The first kappa shape index (κ1) is 19.5. The zero-order valence-electron chi connectivity index (χ0n) is 15.4. The Bertz CT molecular complexity index is 764. The summed E-state index contributed by atoms with van der Waals surface area (Å²) in [6.07, 6.45) is 4.77. The zero-order chi connectivity index (χ0) is 19.1. The van der Waals surface area contributed by atoms with Gasteiger partial charge in [-0.2, -0.15) is 11.8 Å². The number of rotatable bonds is 8. The molecule has 2 aromatic rings. The third-order valence-corrected chi connectivity index (χ3v) is 5.30.